The Morgan fingerprint density at radius 2 is 2.00 bits per heavy atom. The van der Waals surface area contributed by atoms with Crippen molar-refractivity contribution in [2.45, 2.75) is 17.6 Å². The molecule has 2 nitrogen and oxygen atoms in total. The molecule has 1 aromatic carbocycles. The number of rotatable bonds is 3. The molecule has 0 amide bonds. The number of benzene rings is 1. The molecular weight excluding hydrogens is 287 g/mol. The van der Waals surface area contributed by atoms with Crippen LogP contribution in [0.5, 0.6) is 0 Å². The Morgan fingerprint density at radius 3 is 2.67 bits per heavy atom. The fraction of sp³-hybridized carbons (Fsp3) is 0.154. The lowest BCUT2D eigenvalue weighted by atomic mass is 10.2. The maximum Gasteiger partial charge on any atom is 0.134 e. The lowest BCUT2D eigenvalue weighted by molar-refractivity contribution is 1.25. The lowest BCUT2D eigenvalue weighted by Gasteiger charge is -2.06. The van der Waals surface area contributed by atoms with Gasteiger partial charge < -0.3 is 5.73 Å². The van der Waals surface area contributed by atoms with Crippen LogP contribution in [0.2, 0.25) is 10.3 Å². The number of aryl methyl sites for hydroxylation is 1. The van der Waals surface area contributed by atoms with E-state index in [1.807, 2.05) is 25.1 Å². The number of nitrogens with two attached hydrogens (primary N) is 1. The van der Waals surface area contributed by atoms with Crippen LogP contribution in [0.1, 0.15) is 11.1 Å². The highest BCUT2D eigenvalue weighted by atomic mass is 35.5. The van der Waals surface area contributed by atoms with Crippen LogP contribution >= 0.6 is 35.0 Å². The molecule has 2 rings (SSSR count). The van der Waals surface area contributed by atoms with E-state index in [1.165, 1.54) is 0 Å². The fourth-order valence-electron chi connectivity index (χ4n) is 1.45. The second-order valence-electron chi connectivity index (χ2n) is 3.89. The van der Waals surface area contributed by atoms with E-state index in [0.717, 1.165) is 27.5 Å². The number of nitrogens with zero attached hydrogens (tertiary/aromatic N) is 1. The number of thioether (sulfide) groups is 1. The molecule has 5 heteroatoms. The molecule has 0 atom stereocenters. The second-order valence-corrected chi connectivity index (χ2v) is 5.68. The van der Waals surface area contributed by atoms with Gasteiger partial charge in [-0.3, -0.25) is 0 Å². The zero-order valence-corrected chi connectivity index (χ0v) is 12.1. The van der Waals surface area contributed by atoms with Gasteiger partial charge in [-0.05, 0) is 42.3 Å². The minimum atomic E-state index is 0.414. The van der Waals surface area contributed by atoms with Crippen molar-refractivity contribution < 1.29 is 0 Å². The van der Waals surface area contributed by atoms with Gasteiger partial charge >= 0.3 is 0 Å². The topological polar surface area (TPSA) is 38.9 Å². The number of aromatic nitrogens is 1. The van der Waals surface area contributed by atoms with E-state index < -0.39 is 0 Å². The van der Waals surface area contributed by atoms with Crippen LogP contribution in [-0.2, 0) is 5.75 Å². The minimum absolute atomic E-state index is 0.414. The Bertz CT molecular complexity index is 573. The van der Waals surface area contributed by atoms with Crippen molar-refractivity contribution in [3.05, 3.63) is 51.8 Å². The van der Waals surface area contributed by atoms with Crippen molar-refractivity contribution in [2.24, 2.45) is 0 Å². The average molecular weight is 299 g/mol. The van der Waals surface area contributed by atoms with Crippen LogP contribution in [0.3, 0.4) is 0 Å². The van der Waals surface area contributed by atoms with Gasteiger partial charge in [-0.15, -0.1) is 11.8 Å². The van der Waals surface area contributed by atoms with Gasteiger partial charge in [-0.2, -0.15) is 0 Å². The van der Waals surface area contributed by atoms with Crippen molar-refractivity contribution in [3.8, 4) is 0 Å². The molecule has 2 aromatic rings. The van der Waals surface area contributed by atoms with Crippen LogP contribution in [0, 0.1) is 6.92 Å². The third kappa shape index (κ3) is 3.31. The Labute approximate surface area is 121 Å². The molecule has 0 unspecified atom stereocenters. The summed E-state index contributed by atoms with van der Waals surface area (Å²) in [6, 6.07) is 9.63. The zero-order valence-electron chi connectivity index (χ0n) is 9.78. The van der Waals surface area contributed by atoms with Gasteiger partial charge in [-0.25, -0.2) is 4.98 Å². The molecule has 94 valence electrons. The first-order valence-corrected chi connectivity index (χ1v) is 7.10. The molecule has 18 heavy (non-hydrogen) atoms. The fourth-order valence-corrected chi connectivity index (χ4v) is 2.92. The Balaban J connectivity index is 2.09. The van der Waals surface area contributed by atoms with E-state index in [4.69, 9.17) is 28.9 Å². The van der Waals surface area contributed by atoms with Gasteiger partial charge in [0.2, 0.25) is 0 Å². The summed E-state index contributed by atoms with van der Waals surface area (Å²) in [7, 11) is 0. The first-order valence-electron chi connectivity index (χ1n) is 5.36. The monoisotopic (exact) mass is 298 g/mol. The minimum Gasteiger partial charge on any atom is -0.399 e. The standard InChI is InChI=1S/C13H12Cl2N2S/c1-8-6-10(3-4-11(8)16)18-7-9-2-5-12(14)17-13(9)15/h2-6H,7,16H2,1H3. The average Bonchev–Trinajstić information content (AvgIpc) is 2.32. The number of pyridine rings is 1. The highest BCUT2D eigenvalue weighted by molar-refractivity contribution is 7.98. The van der Waals surface area contributed by atoms with Gasteiger partial charge in [0.25, 0.3) is 0 Å². The highest BCUT2D eigenvalue weighted by Gasteiger charge is 2.04. The maximum absolute atomic E-state index is 6.02. The number of nitrogen functional groups attached to an aromatic ring is 1. The van der Waals surface area contributed by atoms with Gasteiger partial charge in [0.05, 0.1) is 0 Å². The van der Waals surface area contributed by atoms with E-state index in [1.54, 1.807) is 17.8 Å². The highest BCUT2D eigenvalue weighted by Crippen LogP contribution is 2.28. The molecule has 2 N–H and O–H groups in total. The van der Waals surface area contributed by atoms with Crippen molar-refractivity contribution >= 4 is 40.7 Å². The maximum atomic E-state index is 6.02. The predicted octanol–water partition coefficient (Wildman–Crippen LogP) is 4.57. The second kappa shape index (κ2) is 5.83. The molecule has 0 aliphatic heterocycles. The summed E-state index contributed by atoms with van der Waals surface area (Å²) in [4.78, 5) is 5.17. The molecule has 0 fully saturated rings. The van der Waals surface area contributed by atoms with Gasteiger partial charge in [0.15, 0.2) is 0 Å². The van der Waals surface area contributed by atoms with Crippen molar-refractivity contribution in [3.63, 3.8) is 0 Å². The van der Waals surface area contributed by atoms with Crippen molar-refractivity contribution in [2.75, 3.05) is 5.73 Å². The van der Waals surface area contributed by atoms with Crippen LogP contribution in [0.4, 0.5) is 5.69 Å². The number of hydrogen-bond donors (Lipinski definition) is 1. The Morgan fingerprint density at radius 1 is 1.22 bits per heavy atom. The summed E-state index contributed by atoms with van der Waals surface area (Å²) in [5, 5.41) is 0.874. The lowest BCUT2D eigenvalue weighted by Crippen LogP contribution is -1.90. The summed E-state index contributed by atoms with van der Waals surface area (Å²) in [6.45, 7) is 2.00. The van der Waals surface area contributed by atoms with Gasteiger partial charge in [0, 0.05) is 16.3 Å². The predicted molar refractivity (Wildman–Crippen MR) is 79.4 cm³/mol. The van der Waals surface area contributed by atoms with E-state index >= 15 is 0 Å². The molecule has 0 saturated carbocycles. The summed E-state index contributed by atoms with van der Waals surface area (Å²) in [6.07, 6.45) is 0. The third-order valence-electron chi connectivity index (χ3n) is 2.53. The molecule has 0 radical (unpaired) electrons. The molecule has 0 spiro atoms. The molecular formula is C13H12Cl2N2S. The summed E-state index contributed by atoms with van der Waals surface area (Å²) in [5.74, 6) is 0.756. The number of anilines is 1. The third-order valence-corrected chi connectivity index (χ3v) is 4.11. The molecule has 1 aromatic heterocycles. The van der Waals surface area contributed by atoms with Gasteiger partial charge in [-0.1, -0.05) is 29.3 Å². The SMILES string of the molecule is Cc1cc(SCc2ccc(Cl)nc2Cl)ccc1N. The molecule has 0 aliphatic rings. The van der Waals surface area contributed by atoms with Gasteiger partial charge in [0.1, 0.15) is 10.3 Å². The van der Waals surface area contributed by atoms with E-state index in [0.29, 0.717) is 10.3 Å². The van der Waals surface area contributed by atoms with Crippen LogP contribution in [-0.4, -0.2) is 4.98 Å². The van der Waals surface area contributed by atoms with E-state index in [-0.39, 0.29) is 0 Å². The van der Waals surface area contributed by atoms with E-state index in [9.17, 15) is 0 Å². The molecule has 0 bridgehead atoms. The molecule has 1 heterocycles. The Hall–Kier alpha value is -0.900. The first kappa shape index (κ1) is 13.5. The molecule has 0 aliphatic carbocycles. The van der Waals surface area contributed by atoms with Crippen LogP contribution < -0.4 is 5.73 Å². The largest absolute Gasteiger partial charge is 0.399 e. The quantitative estimate of drug-likeness (QED) is 0.512. The summed E-state index contributed by atoms with van der Waals surface area (Å²) >= 11 is 13.5. The summed E-state index contributed by atoms with van der Waals surface area (Å²) < 4.78 is 0. The number of hydrogen-bond acceptors (Lipinski definition) is 3. The number of halogens is 2. The van der Waals surface area contributed by atoms with Crippen LogP contribution in [0.15, 0.2) is 35.2 Å². The molecule has 0 saturated heterocycles. The first-order chi connectivity index (χ1) is 8.56. The van der Waals surface area contributed by atoms with Crippen LogP contribution in [0.25, 0.3) is 0 Å². The smallest absolute Gasteiger partial charge is 0.134 e. The Kier molecular flexibility index (Phi) is 4.38. The normalized spacial score (nSPS) is 10.6. The summed E-state index contributed by atoms with van der Waals surface area (Å²) in [5.41, 5.74) is 8.65. The van der Waals surface area contributed by atoms with Crippen molar-refractivity contribution in [1.82, 2.24) is 4.98 Å². The zero-order chi connectivity index (χ0) is 13.1. The van der Waals surface area contributed by atoms with Crippen molar-refractivity contribution in [1.29, 1.82) is 0 Å². The van der Waals surface area contributed by atoms with E-state index in [2.05, 4.69) is 11.1 Å².